The van der Waals surface area contributed by atoms with E-state index in [1.54, 1.807) is 6.07 Å². The molecule has 1 fully saturated rings. The van der Waals surface area contributed by atoms with Gasteiger partial charge in [-0.15, -0.1) is 0 Å². The third-order valence-electron chi connectivity index (χ3n) is 4.85. The van der Waals surface area contributed by atoms with Crippen LogP contribution in [0, 0.1) is 5.92 Å². The topological polar surface area (TPSA) is 70.2 Å². The zero-order chi connectivity index (χ0) is 17.6. The van der Waals surface area contributed by atoms with E-state index in [0.29, 0.717) is 5.02 Å². The fourth-order valence-corrected chi connectivity index (χ4v) is 3.69. The number of halogens is 1. The van der Waals surface area contributed by atoms with Gasteiger partial charge in [0.2, 0.25) is 11.8 Å². The van der Waals surface area contributed by atoms with Crippen LogP contribution < -0.4 is 16.0 Å². The Bertz CT molecular complexity index is 662. The van der Waals surface area contributed by atoms with Crippen molar-refractivity contribution in [3.8, 4) is 0 Å². The van der Waals surface area contributed by atoms with Gasteiger partial charge in [-0.1, -0.05) is 35.9 Å². The molecule has 0 bridgehead atoms. The van der Waals surface area contributed by atoms with Crippen LogP contribution in [0.5, 0.6) is 0 Å². The van der Waals surface area contributed by atoms with Crippen LogP contribution in [0.15, 0.2) is 36.4 Å². The van der Waals surface area contributed by atoms with Gasteiger partial charge in [0.25, 0.3) is 0 Å². The highest BCUT2D eigenvalue weighted by molar-refractivity contribution is 6.33. The largest absolute Gasteiger partial charge is 0.375 e. The van der Waals surface area contributed by atoms with E-state index in [-0.39, 0.29) is 36.4 Å². The second-order valence-corrected chi connectivity index (χ2v) is 7.07. The molecular weight excluding hydrogens is 338 g/mol. The monoisotopic (exact) mass is 361 g/mol. The number of anilines is 1. The number of carbonyl (C=O) groups excluding carboxylic acids is 2. The Labute approximate surface area is 153 Å². The van der Waals surface area contributed by atoms with Crippen molar-refractivity contribution in [1.29, 1.82) is 0 Å². The molecule has 0 saturated heterocycles. The van der Waals surface area contributed by atoms with Crippen molar-refractivity contribution in [1.82, 2.24) is 10.6 Å². The van der Waals surface area contributed by atoms with E-state index in [0.717, 1.165) is 37.8 Å². The molecule has 2 amide bonds. The summed E-state index contributed by atoms with van der Waals surface area (Å²) in [4.78, 5) is 24.5. The number of benzene rings is 1. The summed E-state index contributed by atoms with van der Waals surface area (Å²) in [7, 11) is 0. The van der Waals surface area contributed by atoms with Crippen LogP contribution in [0.1, 0.15) is 32.1 Å². The van der Waals surface area contributed by atoms with Crippen molar-refractivity contribution < 1.29 is 9.59 Å². The third kappa shape index (κ3) is 4.75. The maximum atomic E-state index is 12.3. The van der Waals surface area contributed by atoms with Crippen LogP contribution in [-0.4, -0.2) is 30.4 Å². The standard InChI is InChI=1S/C19H24ClN3O2/c20-14-8-3-4-9-15(14)21-12-18(24)22-16-10-5-11-17(16)23-19(25)13-6-1-2-7-13/h1,3-4,6,8-9,13,16-17,21H,2,5,7,10-12H2,(H,22,24)(H,23,25)/t13?,16-,17+/m1/s1. The highest BCUT2D eigenvalue weighted by atomic mass is 35.5. The molecule has 3 atom stereocenters. The molecular formula is C19H24ClN3O2. The van der Waals surface area contributed by atoms with Gasteiger partial charge in [-0.25, -0.2) is 0 Å². The summed E-state index contributed by atoms with van der Waals surface area (Å²) in [5, 5.41) is 9.79. The summed E-state index contributed by atoms with van der Waals surface area (Å²) in [5.41, 5.74) is 0.739. The van der Waals surface area contributed by atoms with Crippen molar-refractivity contribution in [3.63, 3.8) is 0 Å². The van der Waals surface area contributed by atoms with Gasteiger partial charge in [-0.3, -0.25) is 9.59 Å². The molecule has 1 saturated carbocycles. The number of amides is 2. The molecule has 3 rings (SSSR count). The van der Waals surface area contributed by atoms with Crippen molar-refractivity contribution >= 4 is 29.1 Å². The molecule has 0 heterocycles. The fourth-order valence-electron chi connectivity index (χ4n) is 3.48. The summed E-state index contributed by atoms with van der Waals surface area (Å²) in [6.07, 6.45) is 8.70. The molecule has 1 unspecified atom stereocenters. The van der Waals surface area contributed by atoms with Gasteiger partial charge in [0.15, 0.2) is 0 Å². The Morgan fingerprint density at radius 3 is 2.56 bits per heavy atom. The molecule has 3 N–H and O–H groups in total. The van der Waals surface area contributed by atoms with E-state index in [1.807, 2.05) is 24.3 Å². The number of nitrogens with one attached hydrogen (secondary N) is 3. The van der Waals surface area contributed by atoms with Crippen LogP contribution >= 0.6 is 11.6 Å². The highest BCUT2D eigenvalue weighted by Crippen LogP contribution is 2.23. The predicted octanol–water partition coefficient (Wildman–Crippen LogP) is 2.87. The molecule has 25 heavy (non-hydrogen) atoms. The van der Waals surface area contributed by atoms with Crippen molar-refractivity contribution in [2.75, 3.05) is 11.9 Å². The predicted molar refractivity (Wildman–Crippen MR) is 99.5 cm³/mol. The number of para-hydroxylation sites is 1. The average molecular weight is 362 g/mol. The summed E-state index contributed by atoms with van der Waals surface area (Å²) in [5.74, 6) is -0.0280. The first-order chi connectivity index (χ1) is 12.1. The Hall–Kier alpha value is -2.01. The molecule has 2 aliphatic rings. The smallest absolute Gasteiger partial charge is 0.239 e. The van der Waals surface area contributed by atoms with Crippen LogP contribution in [0.2, 0.25) is 5.02 Å². The Morgan fingerprint density at radius 2 is 1.84 bits per heavy atom. The van der Waals surface area contributed by atoms with Crippen molar-refractivity contribution in [2.45, 2.75) is 44.2 Å². The van der Waals surface area contributed by atoms with E-state index in [9.17, 15) is 9.59 Å². The van der Waals surface area contributed by atoms with E-state index in [1.165, 1.54) is 0 Å². The maximum absolute atomic E-state index is 12.3. The van der Waals surface area contributed by atoms with Crippen LogP contribution in [0.4, 0.5) is 5.69 Å². The number of carbonyl (C=O) groups is 2. The zero-order valence-electron chi connectivity index (χ0n) is 14.1. The lowest BCUT2D eigenvalue weighted by atomic mass is 10.1. The lowest BCUT2D eigenvalue weighted by Gasteiger charge is -2.23. The molecule has 134 valence electrons. The lowest BCUT2D eigenvalue weighted by molar-refractivity contribution is -0.125. The van der Waals surface area contributed by atoms with Gasteiger partial charge >= 0.3 is 0 Å². The lowest BCUT2D eigenvalue weighted by Crippen LogP contribution is -2.50. The second-order valence-electron chi connectivity index (χ2n) is 6.67. The minimum absolute atomic E-state index is 0.00474. The SMILES string of the molecule is O=C(CNc1ccccc1Cl)N[C@@H]1CCC[C@@H]1NC(=O)C1C=CCC1. The van der Waals surface area contributed by atoms with E-state index in [4.69, 9.17) is 11.6 Å². The fraction of sp³-hybridized carbons (Fsp3) is 0.474. The zero-order valence-corrected chi connectivity index (χ0v) is 14.9. The Kier molecular flexibility index (Phi) is 5.97. The molecule has 1 aromatic rings. The molecule has 2 aliphatic carbocycles. The quantitative estimate of drug-likeness (QED) is 0.682. The summed E-state index contributed by atoms with van der Waals surface area (Å²) in [6.45, 7) is 0.159. The first kappa shape index (κ1) is 17.8. The number of hydrogen-bond donors (Lipinski definition) is 3. The van der Waals surface area contributed by atoms with E-state index >= 15 is 0 Å². The highest BCUT2D eigenvalue weighted by Gasteiger charge is 2.31. The van der Waals surface area contributed by atoms with Crippen LogP contribution in [0.3, 0.4) is 0 Å². The van der Waals surface area contributed by atoms with Crippen molar-refractivity contribution in [2.24, 2.45) is 5.92 Å². The Balaban J connectivity index is 1.47. The molecule has 0 spiro atoms. The van der Waals surface area contributed by atoms with Crippen molar-refractivity contribution in [3.05, 3.63) is 41.4 Å². The van der Waals surface area contributed by atoms with Gasteiger partial charge < -0.3 is 16.0 Å². The molecule has 6 heteroatoms. The first-order valence-electron chi connectivity index (χ1n) is 8.88. The van der Waals surface area contributed by atoms with E-state index < -0.39 is 0 Å². The summed E-state index contributed by atoms with van der Waals surface area (Å²) in [6, 6.07) is 7.34. The average Bonchev–Trinajstić information content (AvgIpc) is 3.27. The molecule has 0 radical (unpaired) electrons. The van der Waals surface area contributed by atoms with Gasteiger partial charge in [0.05, 0.1) is 23.2 Å². The van der Waals surface area contributed by atoms with Crippen LogP contribution in [-0.2, 0) is 9.59 Å². The minimum Gasteiger partial charge on any atom is -0.375 e. The number of rotatable bonds is 6. The molecule has 5 nitrogen and oxygen atoms in total. The third-order valence-corrected chi connectivity index (χ3v) is 5.18. The molecule has 0 aromatic heterocycles. The minimum atomic E-state index is -0.0909. The normalized spacial score (nSPS) is 24.9. The van der Waals surface area contributed by atoms with Gasteiger partial charge in [0, 0.05) is 12.1 Å². The van der Waals surface area contributed by atoms with Gasteiger partial charge in [0.1, 0.15) is 0 Å². The van der Waals surface area contributed by atoms with Crippen LogP contribution in [0.25, 0.3) is 0 Å². The van der Waals surface area contributed by atoms with Gasteiger partial charge in [-0.2, -0.15) is 0 Å². The summed E-state index contributed by atoms with van der Waals surface area (Å²) >= 11 is 6.07. The maximum Gasteiger partial charge on any atom is 0.239 e. The summed E-state index contributed by atoms with van der Waals surface area (Å²) < 4.78 is 0. The number of allylic oxidation sites excluding steroid dienone is 1. The van der Waals surface area contributed by atoms with Gasteiger partial charge in [-0.05, 0) is 44.2 Å². The number of hydrogen-bond acceptors (Lipinski definition) is 3. The second kappa shape index (κ2) is 8.39. The molecule has 1 aromatic carbocycles. The Morgan fingerprint density at radius 1 is 1.08 bits per heavy atom. The van der Waals surface area contributed by atoms with E-state index in [2.05, 4.69) is 22.0 Å². The first-order valence-corrected chi connectivity index (χ1v) is 9.26. The molecule has 0 aliphatic heterocycles.